The van der Waals surface area contributed by atoms with Crippen LogP contribution < -0.4 is 10.6 Å². The first kappa shape index (κ1) is 21.6. The van der Waals surface area contributed by atoms with Gasteiger partial charge in [0.25, 0.3) is 5.91 Å². The standard InChI is InChI=1S/C26H23N3O5/c30-24(28-16-12-15(13-16)25(31)32)23-22(10-5-11-27-23)29-26(33)34-14-21-19-8-3-1-6-17(19)18-7-2-4-9-20(18)21/h1-11,15-16,21H,12-14H2,(H,28,30)(H,29,33)(H,31,32). The predicted octanol–water partition coefficient (Wildman–Crippen LogP) is 4.04. The molecule has 1 saturated carbocycles. The average molecular weight is 457 g/mol. The van der Waals surface area contributed by atoms with Crippen molar-refractivity contribution in [1.82, 2.24) is 10.3 Å². The van der Waals surface area contributed by atoms with E-state index in [1.165, 1.54) is 6.20 Å². The predicted molar refractivity (Wildman–Crippen MR) is 125 cm³/mol. The summed E-state index contributed by atoms with van der Waals surface area (Å²) >= 11 is 0. The van der Waals surface area contributed by atoms with E-state index in [4.69, 9.17) is 9.84 Å². The van der Waals surface area contributed by atoms with Gasteiger partial charge in [0.2, 0.25) is 0 Å². The molecule has 0 bridgehead atoms. The van der Waals surface area contributed by atoms with Crippen molar-refractivity contribution in [3.8, 4) is 11.1 Å². The number of nitrogens with zero attached hydrogens (tertiary/aromatic N) is 1. The van der Waals surface area contributed by atoms with Gasteiger partial charge in [-0.05, 0) is 47.2 Å². The number of fused-ring (bicyclic) bond motifs is 3. The Bertz CT molecular complexity index is 1220. The Morgan fingerprint density at radius 2 is 1.59 bits per heavy atom. The van der Waals surface area contributed by atoms with Crippen LogP contribution in [-0.2, 0) is 9.53 Å². The Morgan fingerprint density at radius 1 is 0.941 bits per heavy atom. The molecule has 2 aliphatic rings. The van der Waals surface area contributed by atoms with Gasteiger partial charge in [0.15, 0.2) is 5.69 Å². The average Bonchev–Trinajstić information content (AvgIpc) is 3.13. The Hall–Kier alpha value is -4.20. The zero-order valence-corrected chi connectivity index (χ0v) is 18.2. The lowest BCUT2D eigenvalue weighted by molar-refractivity contribution is -0.145. The largest absolute Gasteiger partial charge is 0.481 e. The number of carboxylic acids is 1. The SMILES string of the molecule is O=C(Nc1cccnc1C(=O)NC1CC(C(=O)O)C1)OCC1c2ccccc2-c2ccccc21. The van der Waals surface area contributed by atoms with Gasteiger partial charge in [-0.15, -0.1) is 0 Å². The van der Waals surface area contributed by atoms with Gasteiger partial charge in [-0.2, -0.15) is 0 Å². The third kappa shape index (κ3) is 4.10. The van der Waals surface area contributed by atoms with Gasteiger partial charge in [-0.25, -0.2) is 9.78 Å². The van der Waals surface area contributed by atoms with Crippen molar-refractivity contribution >= 4 is 23.7 Å². The summed E-state index contributed by atoms with van der Waals surface area (Å²) in [6.07, 6.45) is 1.53. The number of aromatic nitrogens is 1. The Balaban J connectivity index is 1.23. The number of carboxylic acid groups (broad SMARTS) is 1. The minimum atomic E-state index is -0.860. The van der Waals surface area contributed by atoms with Gasteiger partial charge in [0.1, 0.15) is 6.61 Å². The number of pyridine rings is 1. The molecule has 0 radical (unpaired) electrons. The second kappa shape index (κ2) is 8.97. The van der Waals surface area contributed by atoms with Gasteiger partial charge in [-0.1, -0.05) is 48.5 Å². The third-order valence-corrected chi connectivity index (χ3v) is 6.43. The fourth-order valence-corrected chi connectivity index (χ4v) is 4.62. The van der Waals surface area contributed by atoms with Crippen LogP contribution in [0.15, 0.2) is 66.9 Å². The third-order valence-electron chi connectivity index (χ3n) is 6.43. The molecule has 3 aromatic rings. The van der Waals surface area contributed by atoms with Crippen LogP contribution in [0.4, 0.5) is 10.5 Å². The Kier molecular flexibility index (Phi) is 5.71. The first-order valence-corrected chi connectivity index (χ1v) is 11.1. The highest BCUT2D eigenvalue weighted by atomic mass is 16.5. The Labute approximate surface area is 196 Å². The van der Waals surface area contributed by atoms with E-state index in [0.29, 0.717) is 12.8 Å². The normalized spacial score (nSPS) is 18.2. The maximum atomic E-state index is 12.7. The molecular weight excluding hydrogens is 434 g/mol. The monoisotopic (exact) mass is 457 g/mol. The van der Waals surface area contributed by atoms with E-state index in [2.05, 4.69) is 27.8 Å². The quantitative estimate of drug-likeness (QED) is 0.514. The number of benzene rings is 2. The number of carbonyl (C=O) groups excluding carboxylic acids is 2. The number of anilines is 1. The van der Waals surface area contributed by atoms with Crippen LogP contribution in [0.25, 0.3) is 11.1 Å². The molecule has 2 aromatic carbocycles. The lowest BCUT2D eigenvalue weighted by atomic mass is 9.80. The summed E-state index contributed by atoms with van der Waals surface area (Å²) in [6, 6.07) is 19.1. The fourth-order valence-electron chi connectivity index (χ4n) is 4.62. The maximum absolute atomic E-state index is 12.7. The van der Waals surface area contributed by atoms with E-state index in [1.54, 1.807) is 12.1 Å². The van der Waals surface area contributed by atoms with Gasteiger partial charge >= 0.3 is 12.1 Å². The van der Waals surface area contributed by atoms with Crippen LogP contribution >= 0.6 is 0 Å². The molecule has 2 amide bonds. The molecule has 8 heteroatoms. The number of aliphatic carboxylic acids is 1. The number of amides is 2. The highest BCUT2D eigenvalue weighted by molar-refractivity contribution is 6.01. The summed E-state index contributed by atoms with van der Waals surface area (Å²) in [5, 5.41) is 14.4. The van der Waals surface area contributed by atoms with E-state index in [0.717, 1.165) is 22.3 Å². The molecule has 172 valence electrons. The summed E-state index contributed by atoms with van der Waals surface area (Å²) in [6.45, 7) is 0.153. The van der Waals surface area contributed by atoms with E-state index < -0.39 is 23.9 Å². The molecule has 0 saturated heterocycles. The van der Waals surface area contributed by atoms with Gasteiger partial charge in [-0.3, -0.25) is 14.9 Å². The molecule has 34 heavy (non-hydrogen) atoms. The van der Waals surface area contributed by atoms with E-state index >= 15 is 0 Å². The zero-order chi connectivity index (χ0) is 23.7. The van der Waals surface area contributed by atoms with Crippen molar-refractivity contribution in [2.24, 2.45) is 5.92 Å². The molecule has 0 unspecified atom stereocenters. The number of ether oxygens (including phenoxy) is 1. The number of carbonyl (C=O) groups is 3. The maximum Gasteiger partial charge on any atom is 0.411 e. The van der Waals surface area contributed by atoms with Crippen LogP contribution in [0.2, 0.25) is 0 Å². The highest BCUT2D eigenvalue weighted by Gasteiger charge is 2.36. The molecule has 1 aromatic heterocycles. The molecular formula is C26H23N3O5. The molecule has 0 spiro atoms. The minimum Gasteiger partial charge on any atom is -0.481 e. The fraction of sp³-hybridized carbons (Fsp3) is 0.231. The summed E-state index contributed by atoms with van der Waals surface area (Å²) in [5.41, 5.74) is 4.77. The summed E-state index contributed by atoms with van der Waals surface area (Å²) in [4.78, 5) is 40.3. The molecule has 1 fully saturated rings. The van der Waals surface area contributed by atoms with Crippen molar-refractivity contribution in [2.45, 2.75) is 24.8 Å². The Morgan fingerprint density at radius 3 is 2.24 bits per heavy atom. The van der Waals surface area contributed by atoms with Gasteiger partial charge in [0, 0.05) is 18.2 Å². The first-order chi connectivity index (χ1) is 16.5. The lowest BCUT2D eigenvalue weighted by Gasteiger charge is -2.32. The molecule has 8 nitrogen and oxygen atoms in total. The van der Waals surface area contributed by atoms with Crippen molar-refractivity contribution in [1.29, 1.82) is 0 Å². The van der Waals surface area contributed by atoms with Crippen LogP contribution in [0, 0.1) is 5.92 Å². The van der Waals surface area contributed by atoms with Crippen molar-refractivity contribution < 1.29 is 24.2 Å². The van der Waals surface area contributed by atoms with Crippen molar-refractivity contribution in [3.05, 3.63) is 83.7 Å². The topological polar surface area (TPSA) is 118 Å². The lowest BCUT2D eigenvalue weighted by Crippen LogP contribution is -2.47. The molecule has 1 heterocycles. The van der Waals surface area contributed by atoms with Gasteiger partial charge < -0.3 is 15.2 Å². The number of hydrogen-bond donors (Lipinski definition) is 3. The van der Waals surface area contributed by atoms with E-state index in [1.807, 2.05) is 36.4 Å². The van der Waals surface area contributed by atoms with Crippen molar-refractivity contribution in [3.63, 3.8) is 0 Å². The summed E-state index contributed by atoms with van der Waals surface area (Å²) in [7, 11) is 0. The number of hydrogen-bond acceptors (Lipinski definition) is 5. The van der Waals surface area contributed by atoms with Crippen molar-refractivity contribution in [2.75, 3.05) is 11.9 Å². The number of nitrogens with one attached hydrogen (secondary N) is 2. The number of rotatable bonds is 6. The molecule has 0 atom stereocenters. The van der Waals surface area contributed by atoms with Crippen LogP contribution in [0.1, 0.15) is 40.4 Å². The zero-order valence-electron chi connectivity index (χ0n) is 18.2. The molecule has 5 rings (SSSR count). The second-order valence-electron chi connectivity index (χ2n) is 8.53. The smallest absolute Gasteiger partial charge is 0.411 e. The highest BCUT2D eigenvalue weighted by Crippen LogP contribution is 2.44. The molecule has 2 aliphatic carbocycles. The molecule has 3 N–H and O–H groups in total. The van der Waals surface area contributed by atoms with Crippen LogP contribution in [0.5, 0.6) is 0 Å². The van der Waals surface area contributed by atoms with Gasteiger partial charge in [0.05, 0.1) is 11.6 Å². The first-order valence-electron chi connectivity index (χ1n) is 11.1. The van der Waals surface area contributed by atoms with Crippen LogP contribution in [-0.4, -0.2) is 40.7 Å². The van der Waals surface area contributed by atoms with E-state index in [-0.39, 0.29) is 29.9 Å². The van der Waals surface area contributed by atoms with E-state index in [9.17, 15) is 14.4 Å². The minimum absolute atomic E-state index is 0.0507. The summed E-state index contributed by atoms with van der Waals surface area (Å²) < 4.78 is 5.56. The summed E-state index contributed by atoms with van der Waals surface area (Å²) in [5.74, 6) is -1.84. The second-order valence-corrected chi connectivity index (χ2v) is 8.53. The van der Waals surface area contributed by atoms with Crippen LogP contribution in [0.3, 0.4) is 0 Å². The molecule has 0 aliphatic heterocycles.